The molecule has 0 aromatic heterocycles. The molecular weight excluding hydrogens is 295 g/mol. The second-order valence-electron chi connectivity index (χ2n) is 4.52. The van der Waals surface area contributed by atoms with Gasteiger partial charge in [0.25, 0.3) is 0 Å². The van der Waals surface area contributed by atoms with Crippen molar-refractivity contribution in [2.24, 2.45) is 0 Å². The van der Waals surface area contributed by atoms with E-state index in [9.17, 15) is 12.8 Å². The summed E-state index contributed by atoms with van der Waals surface area (Å²) in [4.78, 5) is 0.106. The maximum atomic E-state index is 13.7. The third-order valence-electron chi connectivity index (χ3n) is 3.12. The van der Waals surface area contributed by atoms with E-state index in [4.69, 9.17) is 4.74 Å². The van der Waals surface area contributed by atoms with Crippen molar-refractivity contribution >= 4 is 10.0 Å². The molecule has 5 nitrogen and oxygen atoms in total. The van der Waals surface area contributed by atoms with Crippen LogP contribution in [0.15, 0.2) is 23.1 Å². The van der Waals surface area contributed by atoms with Crippen LogP contribution in [0.2, 0.25) is 0 Å². The Kier molecular flexibility index (Phi) is 7.24. The van der Waals surface area contributed by atoms with Crippen LogP contribution in [0.4, 0.5) is 4.39 Å². The number of rotatable bonds is 9. The molecule has 21 heavy (non-hydrogen) atoms. The highest BCUT2D eigenvalue weighted by molar-refractivity contribution is 7.89. The van der Waals surface area contributed by atoms with E-state index >= 15 is 0 Å². The number of hydrogen-bond acceptors (Lipinski definition) is 4. The number of likely N-dealkylation sites (N-methyl/N-ethyl adjacent to an activating group) is 1. The Bertz CT molecular complexity index is 549. The van der Waals surface area contributed by atoms with Crippen LogP contribution < -0.4 is 5.32 Å². The fraction of sp³-hybridized carbons (Fsp3) is 0.571. The highest BCUT2D eigenvalue weighted by atomic mass is 32.2. The lowest BCUT2D eigenvalue weighted by molar-refractivity contribution is 0.180. The molecule has 0 aliphatic rings. The summed E-state index contributed by atoms with van der Waals surface area (Å²) in [5, 5.41) is 2.99. The van der Waals surface area contributed by atoms with Crippen LogP contribution in [-0.2, 0) is 21.3 Å². The molecular formula is C14H23FN2O3S. The Labute approximate surface area is 126 Å². The molecule has 0 spiro atoms. The Hall–Kier alpha value is -1.02. The van der Waals surface area contributed by atoms with Crippen molar-refractivity contribution in [1.82, 2.24) is 9.62 Å². The summed E-state index contributed by atoms with van der Waals surface area (Å²) in [5.74, 6) is -0.408. The summed E-state index contributed by atoms with van der Waals surface area (Å²) < 4.78 is 45.0. The van der Waals surface area contributed by atoms with Gasteiger partial charge in [0.15, 0.2) is 0 Å². The van der Waals surface area contributed by atoms with Crippen LogP contribution in [-0.4, -0.2) is 46.1 Å². The molecule has 0 atom stereocenters. The molecule has 0 radical (unpaired) electrons. The van der Waals surface area contributed by atoms with Crippen molar-refractivity contribution in [3.63, 3.8) is 0 Å². The van der Waals surface area contributed by atoms with Crippen LogP contribution in [0.25, 0.3) is 0 Å². The number of nitrogens with one attached hydrogen (secondary N) is 1. The highest BCUT2D eigenvalue weighted by Crippen LogP contribution is 2.19. The third kappa shape index (κ3) is 4.74. The summed E-state index contributed by atoms with van der Waals surface area (Å²) in [6.45, 7) is 5.58. The van der Waals surface area contributed by atoms with Gasteiger partial charge in [-0.15, -0.1) is 0 Å². The molecule has 1 aromatic rings. The number of methoxy groups -OCH3 is 1. The highest BCUT2D eigenvalue weighted by Gasteiger charge is 2.23. The molecule has 1 rings (SSSR count). The van der Waals surface area contributed by atoms with Crippen molar-refractivity contribution in [2.75, 3.05) is 33.4 Å². The minimum Gasteiger partial charge on any atom is -0.383 e. The topological polar surface area (TPSA) is 58.6 Å². The van der Waals surface area contributed by atoms with Gasteiger partial charge in [0.2, 0.25) is 10.0 Å². The zero-order valence-electron chi connectivity index (χ0n) is 12.7. The second-order valence-corrected chi connectivity index (χ2v) is 6.46. The van der Waals surface area contributed by atoms with E-state index in [2.05, 4.69) is 5.32 Å². The van der Waals surface area contributed by atoms with Gasteiger partial charge in [-0.2, -0.15) is 4.31 Å². The van der Waals surface area contributed by atoms with E-state index in [1.165, 1.54) is 29.6 Å². The zero-order valence-corrected chi connectivity index (χ0v) is 13.5. The number of hydrogen-bond donors (Lipinski definition) is 1. The average molecular weight is 318 g/mol. The minimum atomic E-state index is -3.63. The summed E-state index contributed by atoms with van der Waals surface area (Å²) >= 11 is 0. The van der Waals surface area contributed by atoms with Crippen LogP contribution in [0.5, 0.6) is 0 Å². The first kappa shape index (κ1) is 18.0. The largest absolute Gasteiger partial charge is 0.383 e. The molecule has 1 aromatic carbocycles. The lowest BCUT2D eigenvalue weighted by Gasteiger charge is -2.20. The first-order valence-electron chi connectivity index (χ1n) is 6.95. The molecule has 120 valence electrons. The van der Waals surface area contributed by atoms with Crippen LogP contribution in [0, 0.1) is 5.82 Å². The predicted octanol–water partition coefficient (Wildman–Crippen LogP) is 1.59. The summed E-state index contributed by atoms with van der Waals surface area (Å²) in [7, 11) is -2.11. The van der Waals surface area contributed by atoms with Crippen molar-refractivity contribution in [3.05, 3.63) is 29.6 Å². The molecule has 0 fully saturated rings. The Morgan fingerprint density at radius 2 is 2.05 bits per heavy atom. The van der Waals surface area contributed by atoms with Gasteiger partial charge in [-0.25, -0.2) is 12.8 Å². The van der Waals surface area contributed by atoms with Crippen molar-refractivity contribution in [3.8, 4) is 0 Å². The number of nitrogens with zero attached hydrogens (tertiary/aromatic N) is 1. The molecule has 0 saturated heterocycles. The summed E-state index contributed by atoms with van der Waals surface area (Å²) in [6.07, 6.45) is 0. The smallest absolute Gasteiger partial charge is 0.243 e. The third-order valence-corrected chi connectivity index (χ3v) is 5.09. The summed E-state index contributed by atoms with van der Waals surface area (Å²) in [5.41, 5.74) is 0.348. The number of benzene rings is 1. The quantitative estimate of drug-likeness (QED) is 0.751. The Morgan fingerprint density at radius 1 is 1.33 bits per heavy atom. The van der Waals surface area contributed by atoms with Gasteiger partial charge < -0.3 is 10.1 Å². The van der Waals surface area contributed by atoms with Gasteiger partial charge in [0, 0.05) is 32.3 Å². The fourth-order valence-corrected chi connectivity index (χ4v) is 3.38. The minimum absolute atomic E-state index is 0.106. The second kappa shape index (κ2) is 8.43. The fourth-order valence-electron chi connectivity index (χ4n) is 1.90. The maximum absolute atomic E-state index is 13.7. The van der Waals surface area contributed by atoms with Crippen LogP contribution in [0.1, 0.15) is 19.4 Å². The zero-order chi connectivity index (χ0) is 15.9. The van der Waals surface area contributed by atoms with E-state index in [-0.39, 0.29) is 11.4 Å². The molecule has 0 aliphatic heterocycles. The van der Waals surface area contributed by atoms with Crippen molar-refractivity contribution in [2.45, 2.75) is 25.3 Å². The van der Waals surface area contributed by atoms with E-state index in [1.54, 1.807) is 6.92 Å². The molecule has 0 bridgehead atoms. The lowest BCUT2D eigenvalue weighted by Crippen LogP contribution is -2.33. The first-order valence-corrected chi connectivity index (χ1v) is 8.39. The monoisotopic (exact) mass is 318 g/mol. The molecule has 0 aliphatic carbocycles. The lowest BCUT2D eigenvalue weighted by atomic mass is 10.2. The Balaban J connectivity index is 3.06. The van der Waals surface area contributed by atoms with Gasteiger partial charge in [-0.05, 0) is 24.7 Å². The standard InChI is InChI=1S/C14H23FN2O3S/c1-4-16-11-12-10-13(6-7-14(12)15)21(18,19)17(5-2)8-9-20-3/h6-7,10,16H,4-5,8-9,11H2,1-3H3. The predicted molar refractivity (Wildman–Crippen MR) is 80.1 cm³/mol. The van der Waals surface area contributed by atoms with E-state index < -0.39 is 15.8 Å². The molecule has 7 heteroatoms. The normalized spacial score (nSPS) is 12.0. The number of ether oxygens (including phenoxy) is 1. The van der Waals surface area contributed by atoms with Gasteiger partial charge in [-0.1, -0.05) is 13.8 Å². The van der Waals surface area contributed by atoms with E-state index in [1.807, 2.05) is 6.92 Å². The average Bonchev–Trinajstić information content (AvgIpc) is 2.46. The number of halogens is 1. The van der Waals surface area contributed by atoms with Gasteiger partial charge in [0.05, 0.1) is 11.5 Å². The van der Waals surface area contributed by atoms with Crippen molar-refractivity contribution < 1.29 is 17.5 Å². The van der Waals surface area contributed by atoms with Crippen LogP contribution >= 0.6 is 0 Å². The first-order chi connectivity index (χ1) is 9.97. The van der Waals surface area contributed by atoms with Crippen molar-refractivity contribution in [1.29, 1.82) is 0 Å². The molecule has 0 heterocycles. The SMILES string of the molecule is CCNCc1cc(S(=O)(=O)N(CC)CCOC)ccc1F. The molecule has 0 unspecified atom stereocenters. The van der Waals surface area contributed by atoms with Gasteiger partial charge in [0.1, 0.15) is 5.82 Å². The molecule has 1 N–H and O–H groups in total. The van der Waals surface area contributed by atoms with Crippen LogP contribution in [0.3, 0.4) is 0 Å². The van der Waals surface area contributed by atoms with Gasteiger partial charge in [-0.3, -0.25) is 0 Å². The Morgan fingerprint density at radius 3 is 2.62 bits per heavy atom. The number of sulfonamides is 1. The van der Waals surface area contributed by atoms with Gasteiger partial charge >= 0.3 is 0 Å². The molecule has 0 amide bonds. The summed E-state index contributed by atoms with van der Waals surface area (Å²) in [6, 6.07) is 3.89. The van der Waals surface area contributed by atoms with E-state index in [0.29, 0.717) is 31.8 Å². The molecule has 0 saturated carbocycles. The maximum Gasteiger partial charge on any atom is 0.243 e. The van der Waals surface area contributed by atoms with E-state index in [0.717, 1.165) is 0 Å².